The molecule has 0 unspecified atom stereocenters. The molecule has 0 amide bonds. The van der Waals surface area contributed by atoms with Gasteiger partial charge in [-0.1, -0.05) is 35.0 Å². The number of hydrogen-bond acceptors (Lipinski definition) is 4. The van der Waals surface area contributed by atoms with Crippen LogP contribution >= 0.6 is 0 Å². The lowest BCUT2D eigenvalue weighted by molar-refractivity contribution is 0.121. The van der Waals surface area contributed by atoms with E-state index in [0.29, 0.717) is 6.54 Å². The molecule has 16 heavy (non-hydrogen) atoms. The Morgan fingerprint density at radius 2 is 2.06 bits per heavy atom. The maximum Gasteiger partial charge on any atom is 0.113 e. The standard InChI is InChI=1S/C11H14N4O/c1-9-2-4-10(5-3-9)6-15-7-11(8-16-12)13-14-15/h2-5,7H,6,8,12H2,1H3. The van der Waals surface area contributed by atoms with Gasteiger partial charge in [0.1, 0.15) is 12.3 Å². The zero-order valence-electron chi connectivity index (χ0n) is 9.13. The molecule has 2 aromatic rings. The highest BCUT2D eigenvalue weighted by atomic mass is 16.6. The zero-order valence-corrected chi connectivity index (χ0v) is 9.13. The highest BCUT2D eigenvalue weighted by Gasteiger charge is 2.01. The van der Waals surface area contributed by atoms with Gasteiger partial charge in [0, 0.05) is 0 Å². The molecular weight excluding hydrogens is 204 g/mol. The van der Waals surface area contributed by atoms with Crippen LogP contribution in [0.4, 0.5) is 0 Å². The van der Waals surface area contributed by atoms with Crippen LogP contribution in [0.25, 0.3) is 0 Å². The van der Waals surface area contributed by atoms with Gasteiger partial charge in [-0.05, 0) is 12.5 Å². The van der Waals surface area contributed by atoms with Gasteiger partial charge >= 0.3 is 0 Å². The number of nitrogens with two attached hydrogens (primary N) is 1. The number of aromatic nitrogens is 3. The van der Waals surface area contributed by atoms with Crippen molar-refractivity contribution in [3.63, 3.8) is 0 Å². The molecular formula is C11H14N4O. The maximum absolute atomic E-state index is 4.96. The summed E-state index contributed by atoms with van der Waals surface area (Å²) in [4.78, 5) is 4.49. The zero-order chi connectivity index (χ0) is 11.4. The molecule has 5 nitrogen and oxygen atoms in total. The molecule has 0 atom stereocenters. The molecule has 2 N–H and O–H groups in total. The van der Waals surface area contributed by atoms with E-state index in [4.69, 9.17) is 5.90 Å². The normalized spacial score (nSPS) is 10.6. The summed E-state index contributed by atoms with van der Waals surface area (Å²) in [6, 6.07) is 8.32. The van der Waals surface area contributed by atoms with Crippen molar-refractivity contribution in [3.8, 4) is 0 Å². The Morgan fingerprint density at radius 1 is 1.31 bits per heavy atom. The van der Waals surface area contributed by atoms with Gasteiger partial charge < -0.3 is 0 Å². The largest absolute Gasteiger partial charge is 0.298 e. The third kappa shape index (κ3) is 2.65. The fourth-order valence-electron chi connectivity index (χ4n) is 1.45. The van der Waals surface area contributed by atoms with Crippen LogP contribution in [0.15, 0.2) is 30.5 Å². The Labute approximate surface area is 93.8 Å². The Bertz CT molecular complexity index is 449. The Morgan fingerprint density at radius 3 is 2.75 bits per heavy atom. The van der Waals surface area contributed by atoms with Crippen LogP contribution in [-0.2, 0) is 18.0 Å². The molecule has 0 radical (unpaired) electrons. The quantitative estimate of drug-likeness (QED) is 0.778. The average Bonchev–Trinajstić information content (AvgIpc) is 2.70. The fraction of sp³-hybridized carbons (Fsp3) is 0.273. The van der Waals surface area contributed by atoms with Crippen molar-refractivity contribution in [3.05, 3.63) is 47.3 Å². The molecule has 0 spiro atoms. The fourth-order valence-corrected chi connectivity index (χ4v) is 1.45. The minimum Gasteiger partial charge on any atom is -0.298 e. The van der Waals surface area contributed by atoms with Gasteiger partial charge in [-0.15, -0.1) is 5.10 Å². The molecule has 1 aromatic heterocycles. The van der Waals surface area contributed by atoms with Crippen LogP contribution < -0.4 is 5.90 Å². The van der Waals surface area contributed by atoms with Crippen molar-refractivity contribution in [1.82, 2.24) is 15.0 Å². The van der Waals surface area contributed by atoms with Crippen LogP contribution in [0.5, 0.6) is 0 Å². The average molecular weight is 218 g/mol. The van der Waals surface area contributed by atoms with Crippen molar-refractivity contribution < 1.29 is 4.84 Å². The van der Waals surface area contributed by atoms with Crippen LogP contribution in [0, 0.1) is 6.92 Å². The van der Waals surface area contributed by atoms with Crippen molar-refractivity contribution in [2.75, 3.05) is 0 Å². The third-order valence-electron chi connectivity index (χ3n) is 2.28. The van der Waals surface area contributed by atoms with Gasteiger partial charge in [-0.3, -0.25) is 4.84 Å². The van der Waals surface area contributed by atoms with Gasteiger partial charge in [0.2, 0.25) is 0 Å². The molecule has 0 aliphatic rings. The van der Waals surface area contributed by atoms with Gasteiger partial charge in [-0.2, -0.15) is 0 Å². The lowest BCUT2D eigenvalue weighted by Gasteiger charge is -2.00. The predicted octanol–water partition coefficient (Wildman–Crippen LogP) is 1.03. The second kappa shape index (κ2) is 4.87. The van der Waals surface area contributed by atoms with E-state index >= 15 is 0 Å². The van der Waals surface area contributed by atoms with Gasteiger partial charge in [0.15, 0.2) is 0 Å². The van der Waals surface area contributed by atoms with E-state index in [9.17, 15) is 0 Å². The second-order valence-electron chi connectivity index (χ2n) is 3.70. The molecule has 0 bridgehead atoms. The number of aryl methyl sites for hydroxylation is 1. The summed E-state index contributed by atoms with van der Waals surface area (Å²) >= 11 is 0. The molecule has 1 aromatic carbocycles. The monoisotopic (exact) mass is 218 g/mol. The summed E-state index contributed by atoms with van der Waals surface area (Å²) in [5, 5.41) is 7.91. The number of nitrogens with zero attached hydrogens (tertiary/aromatic N) is 3. The van der Waals surface area contributed by atoms with Gasteiger partial charge in [0.25, 0.3) is 0 Å². The van der Waals surface area contributed by atoms with Crippen LogP contribution in [0.1, 0.15) is 16.8 Å². The van der Waals surface area contributed by atoms with Crippen LogP contribution in [-0.4, -0.2) is 15.0 Å². The SMILES string of the molecule is Cc1ccc(Cn2cc(CON)nn2)cc1. The molecule has 0 saturated carbocycles. The molecule has 1 heterocycles. The minimum absolute atomic E-state index is 0.286. The predicted molar refractivity (Wildman–Crippen MR) is 59.3 cm³/mol. The lowest BCUT2D eigenvalue weighted by Crippen LogP contribution is -2.00. The summed E-state index contributed by atoms with van der Waals surface area (Å²) in [5.41, 5.74) is 3.17. The molecule has 0 fully saturated rings. The van der Waals surface area contributed by atoms with Gasteiger partial charge in [-0.25, -0.2) is 10.6 Å². The lowest BCUT2D eigenvalue weighted by atomic mass is 10.1. The van der Waals surface area contributed by atoms with E-state index in [2.05, 4.69) is 46.3 Å². The summed E-state index contributed by atoms with van der Waals surface area (Å²) < 4.78 is 1.76. The smallest absolute Gasteiger partial charge is 0.113 e. The van der Waals surface area contributed by atoms with Crippen molar-refractivity contribution in [1.29, 1.82) is 0 Å². The summed E-state index contributed by atoms with van der Waals surface area (Å²) in [7, 11) is 0. The Hall–Kier alpha value is -1.72. The second-order valence-corrected chi connectivity index (χ2v) is 3.70. The van der Waals surface area contributed by atoms with Crippen LogP contribution in [0.2, 0.25) is 0 Å². The van der Waals surface area contributed by atoms with Crippen molar-refractivity contribution in [2.24, 2.45) is 5.90 Å². The highest BCUT2D eigenvalue weighted by molar-refractivity contribution is 5.21. The molecule has 0 saturated heterocycles. The maximum atomic E-state index is 4.96. The Kier molecular flexibility index (Phi) is 3.28. The van der Waals surface area contributed by atoms with Gasteiger partial charge in [0.05, 0.1) is 12.7 Å². The number of rotatable bonds is 4. The molecule has 2 rings (SSSR count). The first-order chi connectivity index (χ1) is 7.78. The number of benzene rings is 1. The minimum atomic E-state index is 0.286. The number of hydrogen-bond donors (Lipinski definition) is 1. The Balaban J connectivity index is 2.05. The summed E-state index contributed by atoms with van der Waals surface area (Å²) in [6.07, 6.45) is 1.83. The van der Waals surface area contributed by atoms with E-state index in [1.165, 1.54) is 11.1 Å². The topological polar surface area (TPSA) is 66.0 Å². The molecule has 84 valence electrons. The van der Waals surface area contributed by atoms with Crippen molar-refractivity contribution in [2.45, 2.75) is 20.1 Å². The van der Waals surface area contributed by atoms with E-state index in [1.807, 2.05) is 6.20 Å². The summed E-state index contributed by atoms with van der Waals surface area (Å²) in [5.74, 6) is 4.96. The molecule has 0 aliphatic carbocycles. The molecule has 0 aliphatic heterocycles. The highest BCUT2D eigenvalue weighted by Crippen LogP contribution is 2.05. The van der Waals surface area contributed by atoms with Crippen LogP contribution in [0.3, 0.4) is 0 Å². The van der Waals surface area contributed by atoms with E-state index < -0.39 is 0 Å². The first-order valence-corrected chi connectivity index (χ1v) is 5.04. The van der Waals surface area contributed by atoms with E-state index in [0.717, 1.165) is 5.69 Å². The van der Waals surface area contributed by atoms with Crippen molar-refractivity contribution >= 4 is 0 Å². The first kappa shape index (κ1) is 10.8. The first-order valence-electron chi connectivity index (χ1n) is 5.04. The molecule has 5 heteroatoms. The summed E-state index contributed by atoms with van der Waals surface area (Å²) in [6.45, 7) is 3.06. The van der Waals surface area contributed by atoms with E-state index in [-0.39, 0.29) is 6.61 Å². The third-order valence-corrected chi connectivity index (χ3v) is 2.28. The van der Waals surface area contributed by atoms with E-state index in [1.54, 1.807) is 4.68 Å².